The molecule has 0 aliphatic heterocycles. The third kappa shape index (κ3) is 10.6. The van der Waals surface area contributed by atoms with Gasteiger partial charge in [0.1, 0.15) is 0 Å². The number of fused-ring (bicyclic) bond motifs is 20. The molecule has 1 aliphatic carbocycles. The molecule has 24 rings (SSSR count). The van der Waals surface area contributed by atoms with E-state index in [-0.39, 0.29) is 5.41 Å². The molecule has 0 saturated carbocycles. The predicted octanol–water partition coefficient (Wildman–Crippen LogP) is 29.6. The van der Waals surface area contributed by atoms with Gasteiger partial charge in [-0.25, -0.2) is 0 Å². The van der Waals surface area contributed by atoms with Crippen LogP contribution in [0.4, 0.5) is 17.1 Å². The van der Waals surface area contributed by atoms with Crippen molar-refractivity contribution in [2.75, 3.05) is 4.90 Å². The van der Waals surface area contributed by atoms with E-state index in [1.165, 1.54) is 165 Å². The normalized spacial score (nSPS) is 12.4. The van der Waals surface area contributed by atoms with E-state index in [1.807, 2.05) is 0 Å². The molecule has 5 heterocycles. The maximum atomic E-state index is 2.49. The Hall–Kier alpha value is -15.2. The number of hydrogen-bond donors (Lipinski definition) is 0. The van der Waals surface area contributed by atoms with Gasteiger partial charge in [0, 0.05) is 105 Å². The summed E-state index contributed by atoms with van der Waals surface area (Å²) in [6.07, 6.45) is 0. The number of nitrogens with zero attached hydrogens (tertiary/aromatic N) is 6. The van der Waals surface area contributed by atoms with Crippen molar-refractivity contribution in [1.29, 1.82) is 0 Å². The first-order valence-electron chi connectivity index (χ1n) is 40.5. The minimum atomic E-state index is -0.236. The second-order valence-corrected chi connectivity index (χ2v) is 31.5. The smallest absolute Gasteiger partial charge is 0.0795 e. The number of anilines is 3. The first-order valence-corrected chi connectivity index (χ1v) is 40.5. The molecule has 117 heavy (non-hydrogen) atoms. The second-order valence-electron chi connectivity index (χ2n) is 31.5. The highest BCUT2D eigenvalue weighted by atomic mass is 15.1. The molecule has 0 radical (unpaired) electrons. The highest BCUT2D eigenvalue weighted by Crippen LogP contribution is 2.55. The first-order chi connectivity index (χ1) is 57.9. The number of hydrogen-bond acceptors (Lipinski definition) is 1. The van der Waals surface area contributed by atoms with Gasteiger partial charge in [0.15, 0.2) is 0 Å². The maximum Gasteiger partial charge on any atom is 0.0795 e. The van der Waals surface area contributed by atoms with Crippen LogP contribution in [0, 0.1) is 0 Å². The van der Waals surface area contributed by atoms with E-state index >= 15 is 0 Å². The predicted molar refractivity (Wildman–Crippen MR) is 493 cm³/mol. The molecular formula is C111H76N6. The van der Waals surface area contributed by atoms with Gasteiger partial charge in [0.2, 0.25) is 0 Å². The number of aromatic nitrogens is 5. The number of para-hydroxylation sites is 12. The van der Waals surface area contributed by atoms with E-state index in [2.05, 4.69) is 466 Å². The number of rotatable bonds is 11. The van der Waals surface area contributed by atoms with Gasteiger partial charge in [-0.1, -0.05) is 281 Å². The Morgan fingerprint density at radius 3 is 0.923 bits per heavy atom. The fourth-order valence-electron chi connectivity index (χ4n) is 19.5. The second kappa shape index (κ2) is 27.0. The first kappa shape index (κ1) is 67.5. The summed E-state index contributed by atoms with van der Waals surface area (Å²) < 4.78 is 12.3. The lowest BCUT2D eigenvalue weighted by Gasteiger charge is -2.28. The van der Waals surface area contributed by atoms with Gasteiger partial charge in [-0.3, -0.25) is 0 Å². The lowest BCUT2D eigenvalue weighted by Crippen LogP contribution is -2.16. The largest absolute Gasteiger partial charge is 0.310 e. The van der Waals surface area contributed by atoms with Crippen LogP contribution in [0.1, 0.15) is 25.0 Å². The molecule has 0 spiro atoms. The molecule has 5 aromatic heterocycles. The molecule has 0 unspecified atom stereocenters. The van der Waals surface area contributed by atoms with Crippen LogP contribution in [0.5, 0.6) is 0 Å². The Bertz CT molecular complexity index is 7770. The minimum Gasteiger partial charge on any atom is -0.310 e. The van der Waals surface area contributed by atoms with Gasteiger partial charge >= 0.3 is 0 Å². The highest BCUT2D eigenvalue weighted by Gasteiger charge is 2.37. The fourth-order valence-corrected chi connectivity index (χ4v) is 19.5. The van der Waals surface area contributed by atoms with Crippen LogP contribution in [0.3, 0.4) is 0 Å². The van der Waals surface area contributed by atoms with Crippen molar-refractivity contribution in [2.24, 2.45) is 0 Å². The van der Waals surface area contributed by atoms with Crippen LogP contribution in [0.2, 0.25) is 0 Å². The molecule has 6 nitrogen and oxygen atoms in total. The monoisotopic (exact) mass is 1490 g/mol. The standard InChI is InChI=1S/C57H41N3.C54H35N3/c1-57(2)50-35-38(31-33-44(50)45-34-32-43(36-51(45)57)58(39-19-7-3-8-20-39)40-21-9-4-10-22-40)48-37-49-46-27-15-17-29-52(46)59(41-23-11-5-12-24-41)55(49)56-54(48)47-28-16-18-30-53(47)60(56)42-25-13-6-14-26-42;1-3-18-39(19-4-1)56-50-28-13-9-24-44(50)47-35-46(52-45-25-10-14-29-51(45)57(54(52)53(47)56)40-20-5-2-6-21-40)38-17-15-16-37(34-38)36-30-32-41(33-31-36)55-48-26-11-7-22-42(48)43-23-8-12-27-49(43)55/h3-37H,1-2H3;1-35H. The van der Waals surface area contributed by atoms with Crippen molar-refractivity contribution in [1.82, 2.24) is 22.8 Å². The van der Waals surface area contributed by atoms with E-state index in [4.69, 9.17) is 0 Å². The topological polar surface area (TPSA) is 27.9 Å². The Labute approximate surface area is 677 Å². The molecule has 23 aromatic rings. The summed E-state index contributed by atoms with van der Waals surface area (Å²) in [5.41, 5.74) is 33.6. The molecule has 550 valence electrons. The van der Waals surface area contributed by atoms with E-state index in [9.17, 15) is 0 Å². The van der Waals surface area contributed by atoms with E-state index in [0.29, 0.717) is 0 Å². The zero-order valence-corrected chi connectivity index (χ0v) is 64.6. The fraction of sp³-hybridized carbons (Fsp3) is 0.0270. The molecule has 0 fully saturated rings. The van der Waals surface area contributed by atoms with Gasteiger partial charge in [-0.2, -0.15) is 0 Å². The van der Waals surface area contributed by atoms with Crippen molar-refractivity contribution in [2.45, 2.75) is 19.3 Å². The number of benzene rings is 18. The minimum absolute atomic E-state index is 0.236. The van der Waals surface area contributed by atoms with Gasteiger partial charge in [-0.15, -0.1) is 0 Å². The maximum absolute atomic E-state index is 2.49. The van der Waals surface area contributed by atoms with Crippen LogP contribution < -0.4 is 4.90 Å². The Morgan fingerprint density at radius 2 is 0.496 bits per heavy atom. The van der Waals surface area contributed by atoms with E-state index in [0.717, 1.165) is 45.5 Å². The van der Waals surface area contributed by atoms with Gasteiger partial charge in [0.05, 0.1) is 55.2 Å². The zero-order chi connectivity index (χ0) is 77.4. The summed E-state index contributed by atoms with van der Waals surface area (Å²) in [6.45, 7) is 4.79. The van der Waals surface area contributed by atoms with Crippen LogP contribution in [0.25, 0.3) is 182 Å². The van der Waals surface area contributed by atoms with Crippen LogP contribution in [0.15, 0.2) is 425 Å². The molecular weight excluding hydrogens is 1420 g/mol. The van der Waals surface area contributed by atoms with Crippen molar-refractivity contribution in [3.8, 4) is 72.9 Å². The Balaban J connectivity index is 0.000000138. The highest BCUT2D eigenvalue weighted by molar-refractivity contribution is 6.30. The third-order valence-electron chi connectivity index (χ3n) is 24.7. The average Bonchev–Trinajstić information content (AvgIpc) is 1.54. The third-order valence-corrected chi connectivity index (χ3v) is 24.7. The Kier molecular flexibility index (Phi) is 15.6. The summed E-state index contributed by atoms with van der Waals surface area (Å²) in [6, 6.07) is 155. The lowest BCUT2D eigenvalue weighted by atomic mass is 9.81. The molecule has 0 saturated heterocycles. The van der Waals surface area contributed by atoms with Crippen LogP contribution in [-0.4, -0.2) is 22.8 Å². The summed E-state index contributed by atoms with van der Waals surface area (Å²) in [7, 11) is 0. The SMILES string of the molecule is CC1(C)c2cc(-c3cc4c5ccccc5n(-c5ccccc5)c4c4c3c3ccccc3n4-c3ccccc3)ccc2-c2ccc(N(c3ccccc3)c3ccccc3)cc21.c1ccc(-n2c3ccccc3c3cc(-c4cccc(-c5ccc(-n6c7ccccc7c7ccccc76)cc5)c4)c4c5ccccc5n(-c5ccccc5)c4c32)cc1. The Morgan fingerprint density at radius 1 is 0.188 bits per heavy atom. The molecule has 0 atom stereocenters. The van der Waals surface area contributed by atoms with Gasteiger partial charge in [-0.05, 0) is 213 Å². The average molecular weight is 1490 g/mol. The van der Waals surface area contributed by atoms with Crippen LogP contribution >= 0.6 is 0 Å². The molecule has 0 bridgehead atoms. The van der Waals surface area contributed by atoms with E-state index in [1.54, 1.807) is 0 Å². The lowest BCUT2D eigenvalue weighted by molar-refractivity contribution is 0.660. The summed E-state index contributed by atoms with van der Waals surface area (Å²) in [5, 5.41) is 12.5. The van der Waals surface area contributed by atoms with Crippen molar-refractivity contribution >= 4 is 126 Å². The molecule has 0 N–H and O–H groups in total. The molecule has 1 aliphatic rings. The zero-order valence-electron chi connectivity index (χ0n) is 64.6. The van der Waals surface area contributed by atoms with E-state index < -0.39 is 0 Å². The van der Waals surface area contributed by atoms with Gasteiger partial charge < -0.3 is 27.7 Å². The quantitative estimate of drug-likeness (QED) is 0.127. The van der Waals surface area contributed by atoms with Crippen molar-refractivity contribution in [3.05, 3.63) is 436 Å². The van der Waals surface area contributed by atoms with Crippen LogP contribution in [-0.2, 0) is 5.41 Å². The summed E-state index contributed by atoms with van der Waals surface area (Å²) in [4.78, 5) is 2.37. The molecule has 0 amide bonds. The van der Waals surface area contributed by atoms with Crippen molar-refractivity contribution in [3.63, 3.8) is 0 Å². The summed E-state index contributed by atoms with van der Waals surface area (Å²) >= 11 is 0. The summed E-state index contributed by atoms with van der Waals surface area (Å²) in [5.74, 6) is 0. The molecule has 6 heteroatoms. The van der Waals surface area contributed by atoms with Crippen molar-refractivity contribution < 1.29 is 0 Å². The van der Waals surface area contributed by atoms with Gasteiger partial charge in [0.25, 0.3) is 0 Å². The molecule has 18 aromatic carbocycles.